The molecule has 0 saturated heterocycles. The number of aliphatic carboxylic acids is 1. The fourth-order valence-corrected chi connectivity index (χ4v) is 3.37. The second kappa shape index (κ2) is 6.10. The summed E-state index contributed by atoms with van der Waals surface area (Å²) in [6.45, 7) is 1.20. The van der Waals surface area contributed by atoms with Crippen molar-refractivity contribution in [2.45, 2.75) is 18.0 Å². The van der Waals surface area contributed by atoms with Crippen LogP contribution in [0.15, 0.2) is 16.6 Å². The molecule has 2 aromatic rings. The Morgan fingerprint density at radius 2 is 2.38 bits per heavy atom. The van der Waals surface area contributed by atoms with Crippen molar-refractivity contribution in [2.75, 3.05) is 5.75 Å². The first-order valence-electron chi connectivity index (χ1n) is 5.62. The van der Waals surface area contributed by atoms with Crippen LogP contribution >= 0.6 is 23.1 Å². The summed E-state index contributed by atoms with van der Waals surface area (Å²) in [5.74, 6) is -1.95. The van der Waals surface area contributed by atoms with Crippen molar-refractivity contribution in [3.05, 3.63) is 21.7 Å². The number of nitro groups is 1. The van der Waals surface area contributed by atoms with Crippen LogP contribution in [0.25, 0.3) is 4.96 Å². The Hall–Kier alpha value is -2.14. The summed E-state index contributed by atoms with van der Waals surface area (Å²) in [5, 5.41) is 24.2. The van der Waals surface area contributed by atoms with Crippen molar-refractivity contribution in [1.29, 1.82) is 0 Å². The second-order valence-corrected chi connectivity index (χ2v) is 5.84. The van der Waals surface area contributed by atoms with Gasteiger partial charge < -0.3 is 20.5 Å². The molecule has 0 aliphatic rings. The first-order chi connectivity index (χ1) is 9.90. The highest BCUT2D eigenvalue weighted by Crippen LogP contribution is 2.31. The Morgan fingerprint density at radius 3 is 2.95 bits per heavy atom. The van der Waals surface area contributed by atoms with Gasteiger partial charge in [0.15, 0.2) is 5.03 Å². The normalized spacial score (nSPS) is 12.2. The van der Waals surface area contributed by atoms with E-state index in [-0.39, 0.29) is 16.6 Å². The van der Waals surface area contributed by atoms with Gasteiger partial charge in [0.2, 0.25) is 5.91 Å². The minimum absolute atomic E-state index is 0.0550. The van der Waals surface area contributed by atoms with E-state index in [0.717, 1.165) is 11.8 Å². The molecule has 0 spiro atoms. The monoisotopic (exact) mass is 330 g/mol. The number of imidazole rings is 1. The Balaban J connectivity index is 2.20. The van der Waals surface area contributed by atoms with Crippen molar-refractivity contribution in [3.8, 4) is 0 Å². The molecule has 0 radical (unpaired) electrons. The summed E-state index contributed by atoms with van der Waals surface area (Å²) in [7, 11) is 0. The van der Waals surface area contributed by atoms with Gasteiger partial charge in [0.1, 0.15) is 12.2 Å². The summed E-state index contributed by atoms with van der Waals surface area (Å²) in [4.78, 5) is 37.0. The fourth-order valence-electron chi connectivity index (χ4n) is 1.60. The van der Waals surface area contributed by atoms with Gasteiger partial charge in [-0.3, -0.25) is 4.79 Å². The lowest BCUT2D eigenvalue weighted by Crippen LogP contribution is -2.41. The molecule has 0 saturated carbocycles. The average molecular weight is 330 g/mol. The molecule has 11 heteroatoms. The minimum Gasteiger partial charge on any atom is -0.480 e. The van der Waals surface area contributed by atoms with Crippen molar-refractivity contribution in [2.24, 2.45) is 0 Å². The van der Waals surface area contributed by atoms with Crippen LogP contribution in [0, 0.1) is 10.1 Å². The van der Waals surface area contributed by atoms with E-state index in [1.165, 1.54) is 28.9 Å². The van der Waals surface area contributed by atoms with Crippen LogP contribution in [0.1, 0.15) is 6.92 Å². The number of thioether (sulfide) groups is 1. The lowest BCUT2D eigenvalue weighted by Gasteiger charge is -2.11. The smallest absolute Gasteiger partial charge is 0.362 e. The van der Waals surface area contributed by atoms with Crippen molar-refractivity contribution >= 4 is 45.8 Å². The quantitative estimate of drug-likeness (QED) is 0.459. The van der Waals surface area contributed by atoms with E-state index < -0.39 is 22.8 Å². The molecule has 0 aromatic carbocycles. The zero-order valence-electron chi connectivity index (χ0n) is 10.7. The third-order valence-corrected chi connectivity index (χ3v) is 4.25. The summed E-state index contributed by atoms with van der Waals surface area (Å²) >= 11 is 2.16. The number of hydrogen-bond donors (Lipinski definition) is 2. The summed E-state index contributed by atoms with van der Waals surface area (Å²) in [5.41, 5.74) is 0. The standard InChI is InChI=1S/C10H10N4O5S2/c1-5(15)11-6(9(16)17)4-21-7-8(14(18)19)13-2-3-20-10(13)12-7/h2-3,6H,4H2,1H3,(H,11,15)(H,16,17)/t6-/m0/s1. The number of fused-ring (bicyclic) bond motifs is 1. The number of aromatic nitrogens is 2. The van der Waals surface area contributed by atoms with E-state index in [2.05, 4.69) is 10.3 Å². The molecule has 2 rings (SSSR count). The summed E-state index contributed by atoms with van der Waals surface area (Å²) in [6.07, 6.45) is 1.53. The second-order valence-electron chi connectivity index (χ2n) is 3.96. The number of hydrogen-bond acceptors (Lipinski definition) is 7. The number of nitrogens with one attached hydrogen (secondary N) is 1. The third kappa shape index (κ3) is 3.31. The molecule has 2 aromatic heterocycles. The highest BCUT2D eigenvalue weighted by Gasteiger charge is 2.26. The van der Waals surface area contributed by atoms with Crippen molar-refractivity contribution in [1.82, 2.24) is 14.7 Å². The molecule has 0 unspecified atom stereocenters. The van der Waals surface area contributed by atoms with E-state index >= 15 is 0 Å². The van der Waals surface area contributed by atoms with Gasteiger partial charge in [-0.25, -0.2) is 4.79 Å². The number of amides is 1. The van der Waals surface area contributed by atoms with Crippen molar-refractivity contribution in [3.63, 3.8) is 0 Å². The predicted octanol–water partition coefficient (Wildman–Crippen LogP) is 0.985. The van der Waals surface area contributed by atoms with Crippen LogP contribution < -0.4 is 5.32 Å². The molecular formula is C10H10N4O5S2. The van der Waals surface area contributed by atoms with E-state index in [1.54, 1.807) is 5.38 Å². The zero-order chi connectivity index (χ0) is 15.6. The van der Waals surface area contributed by atoms with Crippen LogP contribution in [0.4, 0.5) is 5.82 Å². The number of carbonyl (C=O) groups is 2. The van der Waals surface area contributed by atoms with Gasteiger partial charge in [-0.05, 0) is 4.92 Å². The molecule has 1 atom stereocenters. The molecule has 2 N–H and O–H groups in total. The maximum absolute atomic E-state index is 11.1. The topological polar surface area (TPSA) is 127 Å². The highest BCUT2D eigenvalue weighted by atomic mass is 32.2. The number of rotatable bonds is 6. The number of carboxylic acid groups (broad SMARTS) is 1. The molecular weight excluding hydrogens is 320 g/mol. The molecule has 0 fully saturated rings. The third-order valence-electron chi connectivity index (χ3n) is 2.44. The van der Waals surface area contributed by atoms with Crippen LogP contribution in [-0.4, -0.2) is 43.1 Å². The van der Waals surface area contributed by atoms with Crippen LogP contribution in [-0.2, 0) is 9.59 Å². The van der Waals surface area contributed by atoms with Gasteiger partial charge in [0.25, 0.3) is 4.96 Å². The number of carboxylic acids is 1. The maximum Gasteiger partial charge on any atom is 0.362 e. The molecule has 0 aliphatic heterocycles. The molecule has 0 aliphatic carbocycles. The van der Waals surface area contributed by atoms with Gasteiger partial charge in [-0.15, -0.1) is 0 Å². The van der Waals surface area contributed by atoms with E-state index in [0.29, 0.717) is 4.96 Å². The molecule has 0 bridgehead atoms. The van der Waals surface area contributed by atoms with Gasteiger partial charge in [-0.2, -0.15) is 9.38 Å². The van der Waals surface area contributed by atoms with E-state index in [1.807, 2.05) is 0 Å². The number of nitrogens with zero attached hydrogens (tertiary/aromatic N) is 3. The highest BCUT2D eigenvalue weighted by molar-refractivity contribution is 7.99. The summed E-state index contributed by atoms with van der Waals surface area (Å²) in [6, 6.07) is -1.13. The lowest BCUT2D eigenvalue weighted by atomic mass is 10.3. The Morgan fingerprint density at radius 1 is 1.67 bits per heavy atom. The van der Waals surface area contributed by atoms with E-state index in [4.69, 9.17) is 5.11 Å². The first-order valence-corrected chi connectivity index (χ1v) is 7.49. The average Bonchev–Trinajstić information content (AvgIpc) is 2.92. The molecule has 9 nitrogen and oxygen atoms in total. The number of carbonyl (C=O) groups excluding carboxylic acids is 1. The predicted molar refractivity (Wildman–Crippen MR) is 75.7 cm³/mol. The lowest BCUT2D eigenvalue weighted by molar-refractivity contribution is -0.393. The Bertz CT molecular complexity index is 709. The minimum atomic E-state index is -1.21. The molecule has 112 valence electrons. The SMILES string of the molecule is CC(=O)N[C@@H](CSc1nc2sccn2c1[N+](=O)[O-])C(=O)O. The first kappa shape index (κ1) is 15.3. The van der Waals surface area contributed by atoms with E-state index in [9.17, 15) is 19.7 Å². The number of thiazole rings is 1. The van der Waals surface area contributed by atoms with Gasteiger partial charge >= 0.3 is 11.8 Å². The van der Waals surface area contributed by atoms with Crippen molar-refractivity contribution < 1.29 is 19.6 Å². The fraction of sp³-hybridized carbons (Fsp3) is 0.300. The Labute approximate surface area is 126 Å². The molecule has 1 amide bonds. The largest absolute Gasteiger partial charge is 0.480 e. The zero-order valence-corrected chi connectivity index (χ0v) is 12.3. The van der Waals surface area contributed by atoms with Gasteiger partial charge in [0, 0.05) is 18.1 Å². The van der Waals surface area contributed by atoms with Gasteiger partial charge in [0.05, 0.1) is 0 Å². The van der Waals surface area contributed by atoms with Crippen LogP contribution in [0.2, 0.25) is 0 Å². The van der Waals surface area contributed by atoms with Gasteiger partial charge in [-0.1, -0.05) is 23.1 Å². The summed E-state index contributed by atoms with van der Waals surface area (Å²) < 4.78 is 1.33. The Kier molecular flexibility index (Phi) is 4.43. The van der Waals surface area contributed by atoms with Crippen LogP contribution in [0.3, 0.4) is 0 Å². The maximum atomic E-state index is 11.1. The molecule has 21 heavy (non-hydrogen) atoms. The molecule has 2 heterocycles. The van der Waals surface area contributed by atoms with Crippen LogP contribution in [0.5, 0.6) is 0 Å².